The van der Waals surface area contributed by atoms with Gasteiger partial charge in [-0.15, -0.1) is 11.3 Å². The zero-order valence-electron chi connectivity index (χ0n) is 17.6. The Morgan fingerprint density at radius 1 is 1.25 bits per heavy atom. The topological polar surface area (TPSA) is 127 Å². The van der Waals surface area contributed by atoms with E-state index in [2.05, 4.69) is 21.2 Å². The first-order valence-corrected chi connectivity index (χ1v) is 10.3. The number of carbonyl (C=O) groups excluding carboxylic acids is 3. The number of ether oxygens (including phenoxy) is 3. The van der Waals surface area contributed by atoms with Crippen LogP contribution in [0.1, 0.15) is 23.4 Å². The van der Waals surface area contributed by atoms with E-state index in [9.17, 15) is 14.4 Å². The van der Waals surface area contributed by atoms with E-state index in [1.807, 2.05) is 17.5 Å². The first-order chi connectivity index (χ1) is 15.4. The van der Waals surface area contributed by atoms with E-state index in [-0.39, 0.29) is 12.2 Å². The van der Waals surface area contributed by atoms with Gasteiger partial charge in [0.15, 0.2) is 18.1 Å². The average Bonchev–Trinajstić information content (AvgIpc) is 3.30. The average molecular weight is 458 g/mol. The lowest BCUT2D eigenvalue weighted by Crippen LogP contribution is -2.45. The Balaban J connectivity index is 1.71. The lowest BCUT2D eigenvalue weighted by atomic mass is 9.95. The summed E-state index contributed by atoms with van der Waals surface area (Å²) in [5.41, 5.74) is 3.63. The van der Waals surface area contributed by atoms with Crippen molar-refractivity contribution in [2.75, 3.05) is 20.8 Å². The van der Waals surface area contributed by atoms with Gasteiger partial charge >= 0.3 is 12.0 Å². The maximum Gasteiger partial charge on any atom is 0.337 e. The molecule has 2 aromatic rings. The summed E-state index contributed by atoms with van der Waals surface area (Å²) in [6, 6.07) is 7.44. The summed E-state index contributed by atoms with van der Waals surface area (Å²) in [7, 11) is 2.71. The Hall–Kier alpha value is -3.86. The molecule has 3 N–H and O–H groups in total. The molecule has 32 heavy (non-hydrogen) atoms. The van der Waals surface area contributed by atoms with Gasteiger partial charge < -0.3 is 24.8 Å². The van der Waals surface area contributed by atoms with E-state index in [1.54, 1.807) is 31.3 Å². The summed E-state index contributed by atoms with van der Waals surface area (Å²) in [4.78, 5) is 37.1. The second-order valence-electron chi connectivity index (χ2n) is 6.57. The van der Waals surface area contributed by atoms with Crippen LogP contribution in [0.15, 0.2) is 52.1 Å². The first kappa shape index (κ1) is 22.8. The SMILES string of the molecule is COC(=O)C1=C(C)NC(=O)N[C@@H]1c1ccc(OCC(=O)N/N=C\c2cccs2)c(OC)c1. The zero-order valence-corrected chi connectivity index (χ0v) is 18.4. The monoisotopic (exact) mass is 458 g/mol. The van der Waals surface area contributed by atoms with Crippen molar-refractivity contribution in [3.63, 3.8) is 0 Å². The van der Waals surface area contributed by atoms with Gasteiger partial charge in [0, 0.05) is 10.6 Å². The van der Waals surface area contributed by atoms with Gasteiger partial charge in [0.2, 0.25) is 0 Å². The van der Waals surface area contributed by atoms with Gasteiger partial charge in [-0.05, 0) is 36.1 Å². The molecule has 0 fully saturated rings. The molecule has 0 bridgehead atoms. The molecule has 0 unspecified atom stereocenters. The number of hydrogen-bond donors (Lipinski definition) is 3. The molecule has 3 rings (SSSR count). The molecule has 0 saturated carbocycles. The highest BCUT2D eigenvalue weighted by atomic mass is 32.1. The molecule has 1 aliphatic heterocycles. The molecular formula is C21H22N4O6S. The van der Waals surface area contributed by atoms with Gasteiger partial charge in [-0.25, -0.2) is 15.0 Å². The van der Waals surface area contributed by atoms with E-state index < -0.39 is 23.9 Å². The van der Waals surface area contributed by atoms with Crippen LogP contribution in [0.4, 0.5) is 4.79 Å². The van der Waals surface area contributed by atoms with Gasteiger partial charge in [-0.2, -0.15) is 5.10 Å². The lowest BCUT2D eigenvalue weighted by Gasteiger charge is -2.28. The molecule has 10 nitrogen and oxygen atoms in total. The van der Waals surface area contributed by atoms with Crippen molar-refractivity contribution in [2.45, 2.75) is 13.0 Å². The van der Waals surface area contributed by atoms with Crippen molar-refractivity contribution in [1.29, 1.82) is 0 Å². The molecule has 1 aliphatic rings. The molecule has 0 saturated heterocycles. The van der Waals surface area contributed by atoms with Crippen LogP contribution in [0.3, 0.4) is 0 Å². The van der Waals surface area contributed by atoms with Gasteiger partial charge in [-0.3, -0.25) is 4.79 Å². The fraction of sp³-hybridized carbons (Fsp3) is 0.238. The van der Waals surface area contributed by atoms with Gasteiger partial charge in [0.25, 0.3) is 5.91 Å². The van der Waals surface area contributed by atoms with Crippen molar-refractivity contribution in [3.05, 3.63) is 57.4 Å². The number of carbonyl (C=O) groups is 3. The number of esters is 1. The standard InChI is InChI=1S/C21H22N4O6S/c1-12-18(20(27)30-3)19(24-21(28)23-12)13-6-7-15(16(9-13)29-2)31-11-17(26)25-22-10-14-5-4-8-32-14/h4-10,19H,11H2,1-3H3,(H,25,26)(H2,23,24,28)/b22-10-/t19-/m1/s1. The van der Waals surface area contributed by atoms with Crippen LogP contribution >= 0.6 is 11.3 Å². The van der Waals surface area contributed by atoms with Crippen LogP contribution in [0.5, 0.6) is 11.5 Å². The third-order valence-electron chi connectivity index (χ3n) is 4.48. The Morgan fingerprint density at radius 3 is 2.75 bits per heavy atom. The Labute approximate surface area is 188 Å². The van der Waals surface area contributed by atoms with Crippen LogP contribution in [0.25, 0.3) is 0 Å². The number of urea groups is 1. The number of allylic oxidation sites excluding steroid dienone is 1. The Kier molecular flexibility index (Phi) is 7.45. The number of thiophene rings is 1. The number of methoxy groups -OCH3 is 2. The van der Waals surface area contributed by atoms with Crippen LogP contribution in [-0.2, 0) is 14.3 Å². The normalized spacial score (nSPS) is 15.7. The third-order valence-corrected chi connectivity index (χ3v) is 5.29. The second-order valence-corrected chi connectivity index (χ2v) is 7.55. The van der Waals surface area contributed by atoms with Crippen molar-refractivity contribution >= 4 is 35.5 Å². The molecule has 0 aliphatic carbocycles. The van der Waals surface area contributed by atoms with E-state index in [0.29, 0.717) is 22.8 Å². The highest BCUT2D eigenvalue weighted by Crippen LogP contribution is 2.34. The maximum atomic E-state index is 12.2. The van der Waals surface area contributed by atoms with E-state index >= 15 is 0 Å². The molecule has 2 heterocycles. The van der Waals surface area contributed by atoms with Gasteiger partial charge in [0.1, 0.15) is 0 Å². The van der Waals surface area contributed by atoms with E-state index in [4.69, 9.17) is 14.2 Å². The summed E-state index contributed by atoms with van der Waals surface area (Å²) in [6.07, 6.45) is 1.54. The summed E-state index contributed by atoms with van der Waals surface area (Å²) in [5, 5.41) is 11.0. The fourth-order valence-corrected chi connectivity index (χ4v) is 3.60. The predicted molar refractivity (Wildman–Crippen MR) is 118 cm³/mol. The van der Waals surface area contributed by atoms with Crippen LogP contribution in [-0.4, -0.2) is 44.9 Å². The summed E-state index contributed by atoms with van der Waals surface area (Å²) < 4.78 is 15.8. The number of hydrogen-bond acceptors (Lipinski definition) is 8. The molecule has 3 amide bonds. The van der Waals surface area contributed by atoms with Crippen LogP contribution < -0.4 is 25.5 Å². The Bertz CT molecular complexity index is 1060. The molecule has 1 aromatic carbocycles. The molecule has 1 aromatic heterocycles. The van der Waals surface area contributed by atoms with Crippen molar-refractivity contribution in [2.24, 2.45) is 5.10 Å². The van der Waals surface area contributed by atoms with E-state index in [1.165, 1.54) is 25.6 Å². The smallest absolute Gasteiger partial charge is 0.337 e. The fourth-order valence-electron chi connectivity index (χ4n) is 3.02. The van der Waals surface area contributed by atoms with Gasteiger partial charge in [-0.1, -0.05) is 12.1 Å². The van der Waals surface area contributed by atoms with Gasteiger partial charge in [0.05, 0.1) is 32.0 Å². The maximum absolute atomic E-state index is 12.2. The first-order valence-electron chi connectivity index (χ1n) is 9.45. The highest BCUT2D eigenvalue weighted by molar-refractivity contribution is 7.11. The Morgan fingerprint density at radius 2 is 2.06 bits per heavy atom. The number of rotatable bonds is 8. The minimum absolute atomic E-state index is 0.269. The number of nitrogens with one attached hydrogen (secondary N) is 3. The van der Waals surface area contributed by atoms with E-state index in [0.717, 1.165) is 4.88 Å². The quantitative estimate of drug-likeness (QED) is 0.316. The molecule has 11 heteroatoms. The minimum atomic E-state index is -0.742. The number of amides is 3. The summed E-state index contributed by atoms with van der Waals surface area (Å²) in [5.74, 6) is -0.374. The zero-order chi connectivity index (χ0) is 23.1. The second kappa shape index (κ2) is 10.4. The third kappa shape index (κ3) is 5.43. The van der Waals surface area contributed by atoms with Crippen molar-refractivity contribution in [1.82, 2.24) is 16.1 Å². The molecular weight excluding hydrogens is 436 g/mol. The molecule has 0 spiro atoms. The molecule has 0 radical (unpaired) electrons. The van der Waals surface area contributed by atoms with Crippen LogP contribution in [0, 0.1) is 0 Å². The highest BCUT2D eigenvalue weighted by Gasteiger charge is 2.32. The summed E-state index contributed by atoms with van der Waals surface area (Å²) in [6.45, 7) is 1.33. The van der Waals surface area contributed by atoms with Crippen molar-refractivity contribution in [3.8, 4) is 11.5 Å². The number of nitrogens with zero attached hydrogens (tertiary/aromatic N) is 1. The summed E-state index contributed by atoms with van der Waals surface area (Å²) >= 11 is 1.50. The van der Waals surface area contributed by atoms with Crippen LogP contribution in [0.2, 0.25) is 0 Å². The number of benzene rings is 1. The lowest BCUT2D eigenvalue weighted by molar-refractivity contribution is -0.136. The largest absolute Gasteiger partial charge is 0.493 e. The van der Waals surface area contributed by atoms with Crippen molar-refractivity contribution < 1.29 is 28.6 Å². The predicted octanol–water partition coefficient (Wildman–Crippen LogP) is 2.09. The molecule has 1 atom stereocenters. The molecule has 168 valence electrons. The minimum Gasteiger partial charge on any atom is -0.493 e. The number of hydrazone groups is 1.